The second-order valence-electron chi connectivity index (χ2n) is 7.87. The Morgan fingerprint density at radius 2 is 2.00 bits per heavy atom. The number of amides is 1. The molecule has 1 saturated heterocycles. The van der Waals surface area contributed by atoms with Gasteiger partial charge in [0, 0.05) is 39.3 Å². The van der Waals surface area contributed by atoms with E-state index in [1.165, 1.54) is 15.9 Å². The molecule has 3 aromatic heterocycles. The van der Waals surface area contributed by atoms with Crippen molar-refractivity contribution in [3.8, 4) is 0 Å². The Morgan fingerprint density at radius 3 is 2.65 bits per heavy atom. The van der Waals surface area contributed by atoms with Gasteiger partial charge in [-0.15, -0.1) is 11.3 Å². The van der Waals surface area contributed by atoms with E-state index in [0.29, 0.717) is 22.6 Å². The van der Waals surface area contributed by atoms with E-state index in [9.17, 15) is 14.4 Å². The monoisotopic (exact) mass is 441 g/mol. The zero-order valence-corrected chi connectivity index (χ0v) is 17.9. The number of H-pyrrole nitrogens is 1. The third-order valence-corrected chi connectivity index (χ3v) is 6.77. The van der Waals surface area contributed by atoms with E-state index in [1.54, 1.807) is 19.3 Å². The predicted molar refractivity (Wildman–Crippen MR) is 118 cm³/mol. The van der Waals surface area contributed by atoms with Crippen LogP contribution in [0.5, 0.6) is 0 Å². The van der Waals surface area contributed by atoms with Crippen LogP contribution >= 0.6 is 11.3 Å². The van der Waals surface area contributed by atoms with E-state index in [0.717, 1.165) is 49.7 Å². The van der Waals surface area contributed by atoms with Crippen LogP contribution in [0.1, 0.15) is 34.4 Å². The molecular weight excluding hydrogens is 418 g/mol. The Morgan fingerprint density at radius 1 is 1.23 bits per heavy atom. The molecule has 0 unspecified atom stereocenters. The lowest BCUT2D eigenvalue weighted by molar-refractivity contribution is 0.0958. The first-order valence-electron chi connectivity index (χ1n) is 10.3. The average Bonchev–Trinajstić information content (AvgIpc) is 3.53. The van der Waals surface area contributed by atoms with Gasteiger partial charge in [-0.1, -0.05) is 0 Å². The van der Waals surface area contributed by atoms with Crippen molar-refractivity contribution in [1.29, 1.82) is 0 Å². The molecule has 2 N–H and O–H groups in total. The van der Waals surface area contributed by atoms with Crippen molar-refractivity contribution in [1.82, 2.24) is 29.7 Å². The smallest absolute Gasteiger partial charge is 0.330 e. The lowest BCUT2D eigenvalue weighted by atomic mass is 10.2. The van der Waals surface area contributed by atoms with Gasteiger partial charge in [0.2, 0.25) is 0 Å². The van der Waals surface area contributed by atoms with Gasteiger partial charge in [0.25, 0.3) is 11.5 Å². The zero-order valence-electron chi connectivity index (χ0n) is 17.1. The van der Waals surface area contributed by atoms with Gasteiger partial charge in [-0.25, -0.2) is 14.8 Å². The highest BCUT2D eigenvalue weighted by atomic mass is 32.1. The van der Waals surface area contributed by atoms with Gasteiger partial charge >= 0.3 is 5.69 Å². The maximum Gasteiger partial charge on any atom is 0.330 e. The van der Waals surface area contributed by atoms with Gasteiger partial charge in [-0.3, -0.25) is 24.0 Å². The summed E-state index contributed by atoms with van der Waals surface area (Å²) in [5, 5.41) is 3.40. The number of aromatic amines is 1. The molecule has 2 aliphatic rings. The lowest BCUT2D eigenvalue weighted by Crippen LogP contribution is -2.46. The van der Waals surface area contributed by atoms with Crippen molar-refractivity contribution < 1.29 is 4.79 Å². The fourth-order valence-corrected chi connectivity index (χ4v) is 4.88. The molecule has 0 spiro atoms. The summed E-state index contributed by atoms with van der Waals surface area (Å²) in [6, 6.07) is 3.69. The summed E-state index contributed by atoms with van der Waals surface area (Å²) in [5.41, 5.74) is 1.21. The third-order valence-electron chi connectivity index (χ3n) is 5.74. The minimum absolute atomic E-state index is 0.0409. The van der Waals surface area contributed by atoms with Crippen LogP contribution in [0, 0.1) is 0 Å². The number of anilines is 1. The van der Waals surface area contributed by atoms with E-state index < -0.39 is 0 Å². The number of nitrogens with zero attached hydrogens (tertiary/aromatic N) is 5. The maximum absolute atomic E-state index is 12.7. The van der Waals surface area contributed by atoms with Crippen LogP contribution in [0.4, 0.5) is 5.69 Å². The van der Waals surface area contributed by atoms with Crippen molar-refractivity contribution in [2.75, 3.05) is 38.1 Å². The van der Waals surface area contributed by atoms with E-state index in [1.807, 2.05) is 6.07 Å². The number of rotatable bonds is 5. The minimum Gasteiger partial charge on any atom is -0.368 e. The van der Waals surface area contributed by atoms with Crippen LogP contribution in [-0.4, -0.2) is 63.6 Å². The topological polar surface area (TPSA) is 116 Å². The molecule has 10 nitrogen and oxygen atoms in total. The van der Waals surface area contributed by atoms with Crippen LogP contribution in [-0.2, 0) is 6.54 Å². The molecule has 31 heavy (non-hydrogen) atoms. The third kappa shape index (κ3) is 3.86. The normalized spacial score (nSPS) is 17.3. The summed E-state index contributed by atoms with van der Waals surface area (Å²) in [5.74, 6) is -0.197. The molecule has 0 radical (unpaired) electrons. The Balaban J connectivity index is 1.25. The number of carbonyl (C=O) groups is 1. The molecule has 1 saturated carbocycles. The first-order chi connectivity index (χ1) is 15.0. The minimum atomic E-state index is -0.360. The molecule has 4 heterocycles. The fraction of sp³-hybridized carbons (Fsp3) is 0.450. The highest BCUT2D eigenvalue weighted by Gasteiger charge is 2.28. The molecule has 11 heteroatoms. The van der Waals surface area contributed by atoms with Crippen molar-refractivity contribution in [2.24, 2.45) is 0 Å². The molecule has 5 rings (SSSR count). The number of hydrogen-bond acceptors (Lipinski definition) is 8. The number of piperazine rings is 1. The SMILES string of the molecule is CNC(=O)c1ccc(N2CCN(Cc3nc4[nH]c(=O)n(C5CC5)c(=O)c4s3)CC2)cn1. The highest BCUT2D eigenvalue weighted by molar-refractivity contribution is 7.18. The van der Waals surface area contributed by atoms with E-state index in [-0.39, 0.29) is 23.2 Å². The first-order valence-corrected chi connectivity index (χ1v) is 11.1. The molecule has 1 aliphatic heterocycles. The number of thiazole rings is 1. The number of pyridine rings is 1. The number of aromatic nitrogens is 4. The van der Waals surface area contributed by atoms with Gasteiger partial charge in [0.15, 0.2) is 5.65 Å². The van der Waals surface area contributed by atoms with Crippen LogP contribution in [0.3, 0.4) is 0 Å². The van der Waals surface area contributed by atoms with Crippen molar-refractivity contribution >= 4 is 33.3 Å². The molecule has 0 aromatic carbocycles. The Kier molecular flexibility index (Phi) is 5.06. The molecule has 3 aromatic rings. The lowest BCUT2D eigenvalue weighted by Gasteiger charge is -2.35. The zero-order chi connectivity index (χ0) is 21.5. The summed E-state index contributed by atoms with van der Waals surface area (Å²) in [4.78, 5) is 52.6. The number of hydrogen-bond donors (Lipinski definition) is 2. The van der Waals surface area contributed by atoms with Gasteiger partial charge in [-0.2, -0.15) is 0 Å². The van der Waals surface area contributed by atoms with Gasteiger partial charge < -0.3 is 10.2 Å². The van der Waals surface area contributed by atoms with Crippen molar-refractivity contribution in [3.63, 3.8) is 0 Å². The van der Waals surface area contributed by atoms with Crippen LogP contribution in [0.25, 0.3) is 10.3 Å². The van der Waals surface area contributed by atoms with E-state index >= 15 is 0 Å². The first kappa shape index (κ1) is 19.9. The van der Waals surface area contributed by atoms with Gasteiger partial charge in [-0.05, 0) is 25.0 Å². The van der Waals surface area contributed by atoms with Crippen molar-refractivity contribution in [3.05, 3.63) is 49.9 Å². The summed E-state index contributed by atoms with van der Waals surface area (Å²) < 4.78 is 1.87. The molecule has 1 aliphatic carbocycles. The Hall–Kier alpha value is -3.05. The molecule has 2 fully saturated rings. The molecule has 0 atom stereocenters. The largest absolute Gasteiger partial charge is 0.368 e. The Labute approximate surface area is 181 Å². The summed E-state index contributed by atoms with van der Waals surface area (Å²) in [6.45, 7) is 3.99. The second kappa shape index (κ2) is 7.89. The predicted octanol–water partition coefficient (Wildman–Crippen LogP) is 0.558. The van der Waals surface area contributed by atoms with Crippen molar-refractivity contribution in [2.45, 2.75) is 25.4 Å². The van der Waals surface area contributed by atoms with E-state index in [4.69, 9.17) is 0 Å². The Bertz CT molecular complexity index is 1230. The van der Waals surface area contributed by atoms with Crippen LogP contribution < -0.4 is 21.5 Å². The number of carbonyl (C=O) groups excluding carboxylic acids is 1. The van der Waals surface area contributed by atoms with Gasteiger partial charge in [0.05, 0.1) is 18.4 Å². The van der Waals surface area contributed by atoms with Crippen LogP contribution in [0.15, 0.2) is 27.9 Å². The molecule has 1 amide bonds. The number of nitrogens with one attached hydrogen (secondary N) is 2. The summed E-state index contributed by atoms with van der Waals surface area (Å²) in [6.07, 6.45) is 3.50. The fourth-order valence-electron chi connectivity index (χ4n) is 3.88. The quantitative estimate of drug-likeness (QED) is 0.594. The molecule has 0 bridgehead atoms. The molecular formula is C20H23N7O3S. The summed E-state index contributed by atoms with van der Waals surface area (Å²) in [7, 11) is 1.59. The van der Waals surface area contributed by atoms with Crippen LogP contribution in [0.2, 0.25) is 0 Å². The number of fused-ring (bicyclic) bond motifs is 1. The molecule has 162 valence electrons. The standard InChI is InChI=1S/C20H23N7O3S/c1-21-18(28)14-5-4-13(10-22-14)26-8-6-25(7-9-26)11-15-23-17-16(31-15)19(29)27(12-2-3-12)20(30)24-17/h4-5,10,12H,2-3,6-9,11H2,1H3,(H,21,28)(H,24,30). The average molecular weight is 442 g/mol. The summed E-state index contributed by atoms with van der Waals surface area (Å²) >= 11 is 1.37. The second-order valence-corrected chi connectivity index (χ2v) is 8.95. The van der Waals surface area contributed by atoms with E-state index in [2.05, 4.69) is 30.1 Å². The van der Waals surface area contributed by atoms with Gasteiger partial charge in [0.1, 0.15) is 15.4 Å². The maximum atomic E-state index is 12.7. The highest BCUT2D eigenvalue weighted by Crippen LogP contribution is 2.32.